The molecule has 1 unspecified atom stereocenters. The van der Waals surface area contributed by atoms with Gasteiger partial charge in [-0.2, -0.15) is 0 Å². The molecule has 1 aromatic rings. The van der Waals surface area contributed by atoms with E-state index in [0.29, 0.717) is 24.6 Å². The van der Waals surface area contributed by atoms with Crippen molar-refractivity contribution in [3.8, 4) is 11.8 Å². The molecule has 0 aromatic heterocycles. The third-order valence-corrected chi connectivity index (χ3v) is 4.49. The first kappa shape index (κ1) is 15.8. The number of rotatable bonds is 3. The lowest BCUT2D eigenvalue weighted by atomic mass is 10.0. The first-order valence-corrected chi connectivity index (χ1v) is 8.29. The molecule has 0 bridgehead atoms. The Kier molecular flexibility index (Phi) is 5.15. The highest BCUT2D eigenvalue weighted by Crippen LogP contribution is 2.34. The van der Waals surface area contributed by atoms with Gasteiger partial charge in [0.25, 0.3) is 0 Å². The van der Waals surface area contributed by atoms with Crippen LogP contribution >= 0.6 is 0 Å². The molecule has 120 valence electrons. The molecular formula is C19H22N2O2. The number of benzene rings is 1. The molecule has 2 heterocycles. The van der Waals surface area contributed by atoms with Gasteiger partial charge < -0.3 is 15.3 Å². The molecule has 2 aliphatic rings. The van der Waals surface area contributed by atoms with Crippen LogP contribution in [0, 0.1) is 11.8 Å². The van der Waals surface area contributed by atoms with Crippen LogP contribution in [0.15, 0.2) is 18.2 Å². The zero-order chi connectivity index (χ0) is 16.1. The lowest BCUT2D eigenvalue weighted by molar-refractivity contribution is 0.247. The normalized spacial score (nSPS) is 19.8. The van der Waals surface area contributed by atoms with E-state index in [1.807, 2.05) is 12.1 Å². The molecule has 1 saturated heterocycles. The van der Waals surface area contributed by atoms with Gasteiger partial charge in [-0.05, 0) is 43.5 Å². The van der Waals surface area contributed by atoms with Gasteiger partial charge in [0.2, 0.25) is 0 Å². The number of unbranched alkanes of at least 4 members (excludes halogenated alkanes) is 1. The minimum absolute atomic E-state index is 0.168. The molecule has 23 heavy (non-hydrogen) atoms. The summed E-state index contributed by atoms with van der Waals surface area (Å²) in [6, 6.07) is 6.44. The summed E-state index contributed by atoms with van der Waals surface area (Å²) >= 11 is 0. The molecule has 3 rings (SSSR count). The molecule has 1 atom stereocenters. The van der Waals surface area contributed by atoms with E-state index in [0.717, 1.165) is 43.6 Å². The number of aliphatic hydroxyl groups excluding tert-OH is 1. The summed E-state index contributed by atoms with van der Waals surface area (Å²) in [5.74, 6) is 8.33. The SMILES string of the molecule is O=C=C1c2cc(C#CCCCO)ccc2CN1C1CCCNC1. The zero-order valence-electron chi connectivity index (χ0n) is 13.3. The Labute approximate surface area is 137 Å². The lowest BCUT2D eigenvalue weighted by Crippen LogP contribution is -2.43. The summed E-state index contributed by atoms with van der Waals surface area (Å²) in [7, 11) is 0. The van der Waals surface area contributed by atoms with Gasteiger partial charge in [-0.3, -0.25) is 0 Å². The predicted octanol–water partition coefficient (Wildman–Crippen LogP) is 1.55. The van der Waals surface area contributed by atoms with E-state index in [1.54, 1.807) is 0 Å². The van der Waals surface area contributed by atoms with Crippen LogP contribution in [0.5, 0.6) is 0 Å². The molecule has 1 aromatic carbocycles. The van der Waals surface area contributed by atoms with Crippen molar-refractivity contribution in [2.45, 2.75) is 38.3 Å². The van der Waals surface area contributed by atoms with E-state index >= 15 is 0 Å². The van der Waals surface area contributed by atoms with Gasteiger partial charge in [-0.25, -0.2) is 4.79 Å². The van der Waals surface area contributed by atoms with Gasteiger partial charge in [0.1, 0.15) is 5.70 Å². The molecule has 0 saturated carbocycles. The summed E-state index contributed by atoms with van der Waals surface area (Å²) in [4.78, 5) is 13.7. The zero-order valence-corrected chi connectivity index (χ0v) is 13.3. The molecule has 2 aliphatic heterocycles. The van der Waals surface area contributed by atoms with Crippen LogP contribution in [0.1, 0.15) is 42.4 Å². The fourth-order valence-corrected chi connectivity index (χ4v) is 3.29. The van der Waals surface area contributed by atoms with Gasteiger partial charge in [-0.1, -0.05) is 17.9 Å². The highest BCUT2D eigenvalue weighted by atomic mass is 16.2. The average Bonchev–Trinajstić information content (AvgIpc) is 2.97. The second kappa shape index (κ2) is 7.48. The van der Waals surface area contributed by atoms with E-state index < -0.39 is 0 Å². The highest BCUT2D eigenvalue weighted by molar-refractivity contribution is 5.90. The molecule has 2 N–H and O–H groups in total. The first-order chi connectivity index (χ1) is 11.3. The van der Waals surface area contributed by atoms with Gasteiger partial charge in [0.05, 0.1) is 0 Å². The smallest absolute Gasteiger partial charge is 0.151 e. The maximum atomic E-state index is 11.5. The summed E-state index contributed by atoms with van der Waals surface area (Å²) < 4.78 is 0. The van der Waals surface area contributed by atoms with E-state index in [2.05, 4.69) is 34.1 Å². The molecule has 4 heteroatoms. The number of fused-ring (bicyclic) bond motifs is 1. The van der Waals surface area contributed by atoms with Crippen molar-refractivity contribution in [2.24, 2.45) is 0 Å². The summed E-state index contributed by atoms with van der Waals surface area (Å²) in [5, 5.41) is 12.2. The van der Waals surface area contributed by atoms with Gasteiger partial charge in [0, 0.05) is 43.3 Å². The fraction of sp³-hybridized carbons (Fsp3) is 0.474. The van der Waals surface area contributed by atoms with Crippen LogP contribution in [0.4, 0.5) is 0 Å². The van der Waals surface area contributed by atoms with E-state index in [9.17, 15) is 4.79 Å². The van der Waals surface area contributed by atoms with Crippen LogP contribution in [0.25, 0.3) is 5.70 Å². The van der Waals surface area contributed by atoms with E-state index in [4.69, 9.17) is 5.11 Å². The third kappa shape index (κ3) is 3.48. The van der Waals surface area contributed by atoms with Gasteiger partial charge >= 0.3 is 0 Å². The maximum absolute atomic E-state index is 11.5. The first-order valence-electron chi connectivity index (χ1n) is 8.29. The standard InChI is InChI=1S/C19H22N2O2/c22-10-3-1-2-5-15-7-8-16-13-21(17-6-4-9-20-12-17)19(14-23)18(16)11-15/h7-8,11,17,20,22H,1,3-4,6,9-10,12-13H2. The van der Waals surface area contributed by atoms with Crippen molar-refractivity contribution in [3.63, 3.8) is 0 Å². The second-order valence-corrected chi connectivity index (χ2v) is 6.08. The lowest BCUT2D eigenvalue weighted by Gasteiger charge is -2.32. The summed E-state index contributed by atoms with van der Waals surface area (Å²) in [5.41, 5.74) is 3.74. The predicted molar refractivity (Wildman–Crippen MR) is 90.2 cm³/mol. The molecule has 0 aliphatic carbocycles. The summed E-state index contributed by atoms with van der Waals surface area (Å²) in [6.45, 7) is 2.93. The molecule has 0 amide bonds. The maximum Gasteiger partial charge on any atom is 0.151 e. The minimum Gasteiger partial charge on any atom is -0.396 e. The number of aliphatic hydroxyl groups is 1. The Morgan fingerprint density at radius 2 is 2.30 bits per heavy atom. The largest absolute Gasteiger partial charge is 0.396 e. The Hall–Kier alpha value is -2.05. The Morgan fingerprint density at radius 1 is 1.39 bits per heavy atom. The third-order valence-electron chi connectivity index (χ3n) is 4.49. The minimum atomic E-state index is 0.168. The van der Waals surface area contributed by atoms with Crippen molar-refractivity contribution in [3.05, 3.63) is 34.9 Å². The highest BCUT2D eigenvalue weighted by Gasteiger charge is 2.31. The van der Waals surface area contributed by atoms with E-state index in [-0.39, 0.29) is 6.61 Å². The van der Waals surface area contributed by atoms with Gasteiger partial charge in [0.15, 0.2) is 5.94 Å². The quantitative estimate of drug-likeness (QED) is 0.505. The number of hydrogen-bond donors (Lipinski definition) is 2. The monoisotopic (exact) mass is 310 g/mol. The summed E-state index contributed by atoms with van der Waals surface area (Å²) in [6.07, 6.45) is 3.63. The molecule has 1 fully saturated rings. The van der Waals surface area contributed by atoms with Crippen LogP contribution in [-0.4, -0.2) is 41.7 Å². The molecule has 0 radical (unpaired) electrons. The fourth-order valence-electron chi connectivity index (χ4n) is 3.29. The van der Waals surface area contributed by atoms with Crippen LogP contribution in [0.3, 0.4) is 0 Å². The topological polar surface area (TPSA) is 52.6 Å². The molecular weight excluding hydrogens is 288 g/mol. The van der Waals surface area contributed by atoms with Crippen molar-refractivity contribution >= 4 is 11.6 Å². The van der Waals surface area contributed by atoms with Crippen LogP contribution in [-0.2, 0) is 11.3 Å². The van der Waals surface area contributed by atoms with Gasteiger partial charge in [-0.15, -0.1) is 0 Å². The number of carbonyl (C=O) groups excluding carboxylic acids is 1. The number of hydrogen-bond acceptors (Lipinski definition) is 4. The number of piperidine rings is 1. The molecule has 4 nitrogen and oxygen atoms in total. The van der Waals surface area contributed by atoms with Crippen molar-refractivity contribution in [1.29, 1.82) is 0 Å². The number of nitrogens with one attached hydrogen (secondary N) is 1. The molecule has 0 spiro atoms. The Morgan fingerprint density at radius 3 is 3.04 bits per heavy atom. The van der Waals surface area contributed by atoms with E-state index in [1.165, 1.54) is 5.56 Å². The second-order valence-electron chi connectivity index (χ2n) is 6.08. The van der Waals surface area contributed by atoms with Crippen molar-refractivity contribution in [2.75, 3.05) is 19.7 Å². The number of nitrogens with zero attached hydrogens (tertiary/aromatic N) is 1. The Balaban J connectivity index is 1.81. The Bertz CT molecular complexity index is 674. The van der Waals surface area contributed by atoms with Crippen molar-refractivity contribution < 1.29 is 9.90 Å². The van der Waals surface area contributed by atoms with Crippen LogP contribution in [0.2, 0.25) is 0 Å². The average molecular weight is 310 g/mol. The van der Waals surface area contributed by atoms with Crippen molar-refractivity contribution in [1.82, 2.24) is 10.2 Å². The van der Waals surface area contributed by atoms with Crippen LogP contribution < -0.4 is 5.32 Å².